The van der Waals surface area contributed by atoms with Crippen molar-refractivity contribution < 1.29 is 23.8 Å². The normalized spacial score (nSPS) is 25.5. The van der Waals surface area contributed by atoms with E-state index < -0.39 is 22.8 Å². The van der Waals surface area contributed by atoms with E-state index in [9.17, 15) is 9.59 Å². The number of halogens is 2. The molecule has 3 rings (SSSR count). The maximum atomic E-state index is 12.7. The lowest BCUT2D eigenvalue weighted by Crippen LogP contribution is -2.48. The number of rotatable bonds is 3. The number of carbonyl (C=O) groups is 2. The Labute approximate surface area is 194 Å². The highest BCUT2D eigenvalue weighted by atomic mass is 35.5. The number of carbonyl (C=O) groups excluding carboxylic acids is 2. The molecule has 172 valence electrons. The fourth-order valence-corrected chi connectivity index (χ4v) is 4.70. The van der Waals surface area contributed by atoms with E-state index in [-0.39, 0.29) is 18.1 Å². The van der Waals surface area contributed by atoms with Crippen LogP contribution in [0.1, 0.15) is 59.9 Å². The molecule has 2 fully saturated rings. The molecule has 0 spiro atoms. The van der Waals surface area contributed by atoms with Gasteiger partial charge in [-0.1, -0.05) is 29.3 Å². The molecule has 2 aliphatic rings. The van der Waals surface area contributed by atoms with Gasteiger partial charge in [0.25, 0.3) is 0 Å². The zero-order chi connectivity index (χ0) is 23.2. The van der Waals surface area contributed by atoms with Crippen LogP contribution in [0, 0.1) is 5.41 Å². The van der Waals surface area contributed by atoms with E-state index in [2.05, 4.69) is 0 Å². The van der Waals surface area contributed by atoms with Crippen LogP contribution in [-0.4, -0.2) is 48.0 Å². The van der Waals surface area contributed by atoms with Gasteiger partial charge in [-0.15, -0.1) is 0 Å². The second-order valence-electron chi connectivity index (χ2n) is 10.6. The van der Waals surface area contributed by atoms with E-state index in [1.807, 2.05) is 32.9 Å². The summed E-state index contributed by atoms with van der Waals surface area (Å²) in [5.74, 6) is 0. The minimum absolute atomic E-state index is 0.140. The number of nitrogens with zero attached hydrogens (tertiary/aromatic N) is 1. The predicted octanol–water partition coefficient (Wildman–Crippen LogP) is 6.21. The van der Waals surface area contributed by atoms with Gasteiger partial charge >= 0.3 is 12.2 Å². The van der Waals surface area contributed by atoms with Gasteiger partial charge in [0.1, 0.15) is 17.8 Å². The molecule has 1 saturated carbocycles. The molecule has 1 heterocycles. The van der Waals surface area contributed by atoms with E-state index in [4.69, 9.17) is 37.4 Å². The molecule has 1 aliphatic heterocycles. The third kappa shape index (κ3) is 5.23. The Balaban J connectivity index is 1.83. The molecule has 1 amide bonds. The Morgan fingerprint density at radius 2 is 1.68 bits per heavy atom. The van der Waals surface area contributed by atoms with Crippen molar-refractivity contribution in [3.05, 3.63) is 33.8 Å². The van der Waals surface area contributed by atoms with Crippen molar-refractivity contribution in [2.45, 2.75) is 71.0 Å². The highest BCUT2D eigenvalue weighted by Gasteiger charge is 2.71. The Bertz CT molecular complexity index is 876. The first-order valence-electron chi connectivity index (χ1n) is 10.5. The first-order chi connectivity index (χ1) is 14.2. The van der Waals surface area contributed by atoms with E-state index in [1.165, 1.54) is 0 Å². The molecule has 8 heteroatoms. The SMILES string of the molecule is CC(C)(C)OC(=O)OC[C@@]12CN(C(=O)OC(C)(C)C)CC[C@]1(c1ccc(Cl)c(Cl)c1)C2. The summed E-state index contributed by atoms with van der Waals surface area (Å²) in [7, 11) is 0. The number of hydrogen-bond donors (Lipinski definition) is 0. The number of hydrogen-bond acceptors (Lipinski definition) is 5. The zero-order valence-corrected chi connectivity index (χ0v) is 20.5. The first kappa shape index (κ1) is 24.0. The summed E-state index contributed by atoms with van der Waals surface area (Å²) in [6, 6.07) is 5.63. The second-order valence-corrected chi connectivity index (χ2v) is 11.4. The molecular formula is C23H31Cl2NO5. The van der Waals surface area contributed by atoms with Crippen LogP contribution in [0.15, 0.2) is 18.2 Å². The van der Waals surface area contributed by atoms with Crippen LogP contribution in [-0.2, 0) is 19.6 Å². The number of benzene rings is 1. The van der Waals surface area contributed by atoms with Crippen molar-refractivity contribution in [2.75, 3.05) is 19.7 Å². The first-order valence-corrected chi connectivity index (χ1v) is 11.2. The molecule has 1 aromatic carbocycles. The number of amides is 1. The smallest absolute Gasteiger partial charge is 0.444 e. The van der Waals surface area contributed by atoms with Gasteiger partial charge in [-0.05, 0) is 72.1 Å². The number of ether oxygens (including phenoxy) is 3. The van der Waals surface area contributed by atoms with Crippen molar-refractivity contribution in [2.24, 2.45) is 5.41 Å². The van der Waals surface area contributed by atoms with Crippen LogP contribution in [0.25, 0.3) is 0 Å². The van der Waals surface area contributed by atoms with Crippen molar-refractivity contribution in [3.63, 3.8) is 0 Å². The average Bonchev–Trinajstić information content (AvgIpc) is 3.29. The minimum Gasteiger partial charge on any atom is -0.444 e. The molecule has 2 atom stereocenters. The Morgan fingerprint density at radius 3 is 2.26 bits per heavy atom. The molecule has 0 radical (unpaired) electrons. The second kappa shape index (κ2) is 8.04. The van der Waals surface area contributed by atoms with Crippen LogP contribution >= 0.6 is 23.2 Å². The van der Waals surface area contributed by atoms with E-state index in [0.717, 1.165) is 12.0 Å². The van der Waals surface area contributed by atoms with E-state index in [0.29, 0.717) is 29.6 Å². The standard InChI is InChI=1S/C23H31Cl2NO5/c1-20(2,3)30-18(27)26-10-9-23(15-7-8-16(24)17(25)11-15)12-22(23,13-26)14-29-19(28)31-21(4,5)6/h7-8,11H,9-10,12-14H2,1-6H3/t22-,23-/m1/s1. The molecule has 0 bridgehead atoms. The van der Waals surface area contributed by atoms with Crippen LogP contribution in [0.2, 0.25) is 10.0 Å². The lowest BCUT2D eigenvalue weighted by atomic mass is 9.80. The fourth-order valence-electron chi connectivity index (χ4n) is 4.40. The molecule has 0 aromatic heterocycles. The quantitative estimate of drug-likeness (QED) is 0.489. The fraction of sp³-hybridized carbons (Fsp3) is 0.652. The highest BCUT2D eigenvalue weighted by Crippen LogP contribution is 2.69. The maximum Gasteiger partial charge on any atom is 0.508 e. The maximum absolute atomic E-state index is 12.7. The summed E-state index contributed by atoms with van der Waals surface area (Å²) in [4.78, 5) is 26.6. The Hall–Kier alpha value is -1.66. The number of likely N-dealkylation sites (tertiary alicyclic amines) is 1. The van der Waals surface area contributed by atoms with E-state index >= 15 is 0 Å². The number of fused-ring (bicyclic) bond motifs is 1. The third-order valence-electron chi connectivity index (χ3n) is 5.81. The van der Waals surface area contributed by atoms with Gasteiger partial charge in [0.2, 0.25) is 0 Å². The largest absolute Gasteiger partial charge is 0.508 e. The monoisotopic (exact) mass is 471 g/mol. The van der Waals surface area contributed by atoms with Crippen molar-refractivity contribution >= 4 is 35.5 Å². The zero-order valence-electron chi connectivity index (χ0n) is 19.0. The topological polar surface area (TPSA) is 65.1 Å². The van der Waals surface area contributed by atoms with Crippen LogP contribution in [0.3, 0.4) is 0 Å². The average molecular weight is 472 g/mol. The molecule has 0 unspecified atom stereocenters. The molecule has 1 aromatic rings. The van der Waals surface area contributed by atoms with Gasteiger partial charge in [0, 0.05) is 23.9 Å². The van der Waals surface area contributed by atoms with Crippen molar-refractivity contribution in [3.8, 4) is 0 Å². The molecule has 1 aliphatic carbocycles. The van der Waals surface area contributed by atoms with Gasteiger partial charge in [0.15, 0.2) is 0 Å². The van der Waals surface area contributed by atoms with E-state index in [1.54, 1.807) is 31.7 Å². The van der Waals surface area contributed by atoms with Gasteiger partial charge in [-0.3, -0.25) is 0 Å². The molecule has 1 saturated heterocycles. The Kier molecular flexibility index (Phi) is 6.22. The summed E-state index contributed by atoms with van der Waals surface area (Å²) >= 11 is 12.4. The lowest BCUT2D eigenvalue weighted by Gasteiger charge is -2.38. The van der Waals surface area contributed by atoms with Gasteiger partial charge in [-0.2, -0.15) is 0 Å². The summed E-state index contributed by atoms with van der Waals surface area (Å²) in [5.41, 5.74) is -0.871. The molecule has 6 nitrogen and oxygen atoms in total. The van der Waals surface area contributed by atoms with Gasteiger partial charge in [-0.25, -0.2) is 9.59 Å². The lowest BCUT2D eigenvalue weighted by molar-refractivity contribution is -0.0257. The Morgan fingerprint density at radius 1 is 1.03 bits per heavy atom. The summed E-state index contributed by atoms with van der Waals surface area (Å²) < 4.78 is 16.4. The van der Waals surface area contributed by atoms with Crippen LogP contribution in [0.5, 0.6) is 0 Å². The summed E-state index contributed by atoms with van der Waals surface area (Å²) in [6.07, 6.45) is 0.395. The molecule has 0 N–H and O–H groups in total. The molecular weight excluding hydrogens is 441 g/mol. The van der Waals surface area contributed by atoms with Gasteiger partial charge < -0.3 is 19.1 Å². The summed E-state index contributed by atoms with van der Waals surface area (Å²) in [5, 5.41) is 0.973. The van der Waals surface area contributed by atoms with Gasteiger partial charge in [0.05, 0.1) is 10.0 Å². The predicted molar refractivity (Wildman–Crippen MR) is 120 cm³/mol. The summed E-state index contributed by atoms with van der Waals surface area (Å²) in [6.45, 7) is 12.0. The minimum atomic E-state index is -0.716. The third-order valence-corrected chi connectivity index (χ3v) is 6.55. The highest BCUT2D eigenvalue weighted by molar-refractivity contribution is 6.42. The van der Waals surface area contributed by atoms with Crippen LogP contribution < -0.4 is 0 Å². The van der Waals surface area contributed by atoms with Crippen LogP contribution in [0.4, 0.5) is 9.59 Å². The number of piperidine rings is 1. The van der Waals surface area contributed by atoms with Crippen molar-refractivity contribution in [1.82, 2.24) is 4.90 Å². The molecule has 31 heavy (non-hydrogen) atoms. The van der Waals surface area contributed by atoms with Crippen molar-refractivity contribution in [1.29, 1.82) is 0 Å².